The molecule has 0 unspecified atom stereocenters. The number of nitrogens with zero attached hydrogens (tertiary/aromatic N) is 4. The molecule has 0 saturated heterocycles. The molecule has 0 fully saturated rings. The molecule has 0 aliphatic carbocycles. The molecule has 0 spiro atoms. The first kappa shape index (κ1) is 25.4. The number of aromatic amines is 1. The number of halogens is 2. The summed E-state index contributed by atoms with van der Waals surface area (Å²) in [5.74, 6) is -2.36. The maximum Gasteiger partial charge on any atom is 0.287 e. The second kappa shape index (κ2) is 10.6. The van der Waals surface area contributed by atoms with Gasteiger partial charge in [0.25, 0.3) is 11.5 Å². The summed E-state index contributed by atoms with van der Waals surface area (Å²) in [4.78, 5) is 27.1. The lowest BCUT2D eigenvalue weighted by Gasteiger charge is -2.22. The maximum atomic E-state index is 15.4. The minimum Gasteiger partial charge on any atom is -0.334 e. The zero-order valence-corrected chi connectivity index (χ0v) is 21.1. The molecule has 0 atom stereocenters. The van der Waals surface area contributed by atoms with Gasteiger partial charge in [-0.2, -0.15) is 10.2 Å². The van der Waals surface area contributed by atoms with Crippen LogP contribution in [0.15, 0.2) is 64.3 Å². The summed E-state index contributed by atoms with van der Waals surface area (Å²) in [5, 5.41) is 15.9. The number of carbonyl (C=O) groups is 1. The molecule has 5 rings (SSSR count). The van der Waals surface area contributed by atoms with E-state index in [1.807, 2.05) is 23.9 Å². The molecule has 2 aromatic heterocycles. The summed E-state index contributed by atoms with van der Waals surface area (Å²) < 4.78 is 31.9. The van der Waals surface area contributed by atoms with Gasteiger partial charge in [-0.05, 0) is 36.9 Å². The van der Waals surface area contributed by atoms with Crippen molar-refractivity contribution >= 4 is 41.8 Å². The zero-order chi connectivity index (χ0) is 26.8. The highest BCUT2D eigenvalue weighted by Crippen LogP contribution is 2.30. The molecule has 194 valence electrons. The second-order valence-electron chi connectivity index (χ2n) is 8.78. The molecule has 0 bridgehead atoms. The summed E-state index contributed by atoms with van der Waals surface area (Å²) in [6, 6.07) is 14.3. The van der Waals surface area contributed by atoms with Crippen molar-refractivity contribution in [2.24, 2.45) is 0 Å². The van der Waals surface area contributed by atoms with Gasteiger partial charge in [-0.1, -0.05) is 30.3 Å². The van der Waals surface area contributed by atoms with Crippen LogP contribution in [0.4, 0.5) is 26.0 Å². The monoisotopic (exact) mass is 535 g/mol. The fourth-order valence-electron chi connectivity index (χ4n) is 4.05. The van der Waals surface area contributed by atoms with Gasteiger partial charge in [-0.15, -0.1) is 12.6 Å². The number of carbonyl (C=O) groups excluding carboxylic acids is 1. The Morgan fingerprint density at radius 1 is 1.13 bits per heavy atom. The van der Waals surface area contributed by atoms with E-state index in [2.05, 4.69) is 43.5 Å². The van der Waals surface area contributed by atoms with E-state index in [1.54, 1.807) is 24.3 Å². The number of amides is 1. The molecule has 12 heteroatoms. The highest BCUT2D eigenvalue weighted by atomic mass is 32.1. The van der Waals surface area contributed by atoms with Crippen molar-refractivity contribution in [1.82, 2.24) is 24.9 Å². The number of nitrogens with one attached hydrogen (secondary N) is 3. The minimum atomic E-state index is -1.05. The Hall–Kier alpha value is -4.29. The zero-order valence-electron chi connectivity index (χ0n) is 20.2. The molecule has 9 nitrogen and oxygen atoms in total. The summed E-state index contributed by atoms with van der Waals surface area (Å²) in [6.07, 6.45) is 1.48. The van der Waals surface area contributed by atoms with Gasteiger partial charge in [0.2, 0.25) is 0 Å². The largest absolute Gasteiger partial charge is 0.334 e. The Kier molecular flexibility index (Phi) is 7.07. The molecule has 0 radical (unpaired) electrons. The highest BCUT2D eigenvalue weighted by molar-refractivity contribution is 7.85. The van der Waals surface area contributed by atoms with E-state index in [4.69, 9.17) is 0 Å². The highest BCUT2D eigenvalue weighted by Gasteiger charge is 2.21. The van der Waals surface area contributed by atoms with E-state index < -0.39 is 28.8 Å². The number of thiol groups is 1. The van der Waals surface area contributed by atoms with Crippen LogP contribution in [-0.4, -0.2) is 44.4 Å². The number of H-pyrrole nitrogens is 1. The van der Waals surface area contributed by atoms with Crippen LogP contribution in [0.2, 0.25) is 0 Å². The number of hydrogen-bond acceptors (Lipinski definition) is 7. The molecule has 3 heterocycles. The summed E-state index contributed by atoms with van der Waals surface area (Å²) >= 11 is 4.17. The number of hydrogen-bond donors (Lipinski definition) is 4. The normalized spacial score (nSPS) is 13.7. The molecule has 1 amide bonds. The Bertz CT molecular complexity index is 1600. The van der Waals surface area contributed by atoms with Crippen molar-refractivity contribution in [3.63, 3.8) is 0 Å². The molecular formula is C26H23F2N7O2S. The smallest absolute Gasteiger partial charge is 0.287 e. The number of rotatable bonds is 6. The van der Waals surface area contributed by atoms with Crippen LogP contribution >= 0.6 is 12.6 Å². The van der Waals surface area contributed by atoms with Gasteiger partial charge in [0.1, 0.15) is 17.2 Å². The Labute approximate surface area is 221 Å². The first-order chi connectivity index (χ1) is 18.3. The molecule has 1 aliphatic heterocycles. The minimum absolute atomic E-state index is 0.0229. The van der Waals surface area contributed by atoms with E-state index in [0.717, 1.165) is 31.4 Å². The van der Waals surface area contributed by atoms with Crippen LogP contribution in [-0.2, 0) is 17.9 Å². The number of benzene rings is 2. The standard InChI is InChI=1S/C26H23F2N7O2S/c1-34-9-10-35-16(14-34)12-22(33-35)29-20-13-19(31-32-25(20)36)17-7-8-18(27)24(23(17)28)30-26(37)21(38)11-15-5-3-2-4-6-15/h2-8,11-13,38H,9-10,14H2,1H3,(H,30,37)(H,32,36)(H,29,31,33)/b21-11-. The predicted octanol–water partition coefficient (Wildman–Crippen LogP) is 4.01. The third kappa shape index (κ3) is 5.36. The van der Waals surface area contributed by atoms with Crippen LogP contribution in [0, 0.1) is 11.6 Å². The van der Waals surface area contributed by atoms with E-state index >= 15 is 4.39 Å². The quantitative estimate of drug-likeness (QED) is 0.220. The van der Waals surface area contributed by atoms with Gasteiger partial charge >= 0.3 is 0 Å². The van der Waals surface area contributed by atoms with E-state index in [1.165, 1.54) is 18.2 Å². The van der Waals surface area contributed by atoms with Crippen molar-refractivity contribution in [3.8, 4) is 11.3 Å². The van der Waals surface area contributed by atoms with Gasteiger partial charge in [0.15, 0.2) is 11.6 Å². The van der Waals surface area contributed by atoms with Gasteiger partial charge in [-0.3, -0.25) is 19.2 Å². The average molecular weight is 536 g/mol. The van der Waals surface area contributed by atoms with Crippen molar-refractivity contribution in [3.05, 3.63) is 92.7 Å². The number of likely N-dealkylation sites (N-methyl/N-ethyl adjacent to an activating group) is 1. The SMILES string of the molecule is CN1CCn2nc(Nc3cc(-c4ccc(F)c(NC(=O)/C(S)=C/c5ccccc5)c4F)n[nH]c3=O)cc2C1. The van der Waals surface area contributed by atoms with Crippen LogP contribution in [0.3, 0.4) is 0 Å². The van der Waals surface area contributed by atoms with Crippen molar-refractivity contribution < 1.29 is 13.6 Å². The van der Waals surface area contributed by atoms with Gasteiger partial charge in [-0.25, -0.2) is 13.9 Å². The summed E-state index contributed by atoms with van der Waals surface area (Å²) in [7, 11) is 2.01. The topological polar surface area (TPSA) is 108 Å². The van der Waals surface area contributed by atoms with E-state index in [0.29, 0.717) is 11.4 Å². The second-order valence-corrected chi connectivity index (χ2v) is 9.26. The van der Waals surface area contributed by atoms with E-state index in [-0.39, 0.29) is 21.8 Å². The van der Waals surface area contributed by atoms with Crippen LogP contribution < -0.4 is 16.2 Å². The predicted molar refractivity (Wildman–Crippen MR) is 144 cm³/mol. The third-order valence-corrected chi connectivity index (χ3v) is 6.33. The molecule has 2 aromatic carbocycles. The summed E-state index contributed by atoms with van der Waals surface area (Å²) in [5.41, 5.74) is 0.463. The fourth-order valence-corrected chi connectivity index (χ4v) is 4.25. The first-order valence-electron chi connectivity index (χ1n) is 11.7. The maximum absolute atomic E-state index is 15.4. The first-order valence-corrected chi connectivity index (χ1v) is 12.1. The van der Waals surface area contributed by atoms with Crippen molar-refractivity contribution in [1.29, 1.82) is 0 Å². The van der Waals surface area contributed by atoms with Crippen LogP contribution in [0.5, 0.6) is 0 Å². The molecule has 3 N–H and O–H groups in total. The number of anilines is 3. The lowest BCUT2D eigenvalue weighted by molar-refractivity contribution is -0.112. The Balaban J connectivity index is 1.41. The lowest BCUT2D eigenvalue weighted by atomic mass is 10.1. The molecule has 38 heavy (non-hydrogen) atoms. The van der Waals surface area contributed by atoms with Crippen molar-refractivity contribution in [2.45, 2.75) is 13.1 Å². The van der Waals surface area contributed by atoms with Gasteiger partial charge in [0.05, 0.1) is 22.8 Å². The molecule has 1 aliphatic rings. The Morgan fingerprint density at radius 2 is 1.92 bits per heavy atom. The number of aromatic nitrogens is 4. The van der Waals surface area contributed by atoms with Crippen LogP contribution in [0.25, 0.3) is 17.3 Å². The van der Waals surface area contributed by atoms with Gasteiger partial charge in [0, 0.05) is 24.7 Å². The van der Waals surface area contributed by atoms with Crippen molar-refractivity contribution in [2.75, 3.05) is 24.2 Å². The van der Waals surface area contributed by atoms with Gasteiger partial charge < -0.3 is 10.6 Å². The molecule has 0 saturated carbocycles. The van der Waals surface area contributed by atoms with Crippen LogP contribution in [0.1, 0.15) is 11.3 Å². The summed E-state index contributed by atoms with van der Waals surface area (Å²) in [6.45, 7) is 2.29. The number of fused-ring (bicyclic) bond motifs is 1. The van der Waals surface area contributed by atoms with E-state index in [9.17, 15) is 14.0 Å². The lowest BCUT2D eigenvalue weighted by Crippen LogP contribution is -2.30. The Morgan fingerprint density at radius 3 is 2.71 bits per heavy atom. The average Bonchev–Trinajstić information content (AvgIpc) is 3.30. The fraction of sp³-hybridized carbons (Fsp3) is 0.154. The third-order valence-electron chi connectivity index (χ3n) is 6.00. The molecule has 4 aromatic rings. The molecular weight excluding hydrogens is 512 g/mol.